The minimum absolute atomic E-state index is 0.139. The number of nitrogens with two attached hydrogens (primary N) is 1. The Labute approximate surface area is 190 Å². The van der Waals surface area contributed by atoms with Crippen molar-refractivity contribution in [2.45, 2.75) is 39.4 Å². The van der Waals surface area contributed by atoms with E-state index in [1.807, 2.05) is 31.0 Å². The molecule has 1 aliphatic heterocycles. The lowest BCUT2D eigenvalue weighted by molar-refractivity contribution is 0.163. The zero-order valence-electron chi connectivity index (χ0n) is 19.0. The summed E-state index contributed by atoms with van der Waals surface area (Å²) < 4.78 is 43.2. The van der Waals surface area contributed by atoms with Crippen LogP contribution in [0.4, 0.5) is 19.1 Å². The number of fused-ring (bicyclic) bond motifs is 2. The Bertz CT molecular complexity index is 1270. The molecule has 1 aliphatic rings. The molecule has 0 bridgehead atoms. The Morgan fingerprint density at radius 2 is 2.00 bits per heavy atom. The van der Waals surface area contributed by atoms with Crippen LogP contribution in [0.3, 0.4) is 0 Å². The molecule has 176 valence electrons. The molecule has 7 nitrogen and oxygen atoms in total. The van der Waals surface area contributed by atoms with Crippen LogP contribution in [-0.2, 0) is 6.54 Å². The summed E-state index contributed by atoms with van der Waals surface area (Å²) in [6.07, 6.45) is 2.98. The number of halogens is 3. The number of nitrogens with zero attached hydrogens (tertiary/aromatic N) is 6. The first-order valence-electron chi connectivity index (χ1n) is 10.9. The summed E-state index contributed by atoms with van der Waals surface area (Å²) in [5, 5.41) is 4.14. The molecular weight excluding hydrogens is 431 g/mol. The van der Waals surface area contributed by atoms with Gasteiger partial charge in [0, 0.05) is 18.3 Å². The molecule has 1 aromatic carbocycles. The van der Waals surface area contributed by atoms with Gasteiger partial charge in [-0.15, -0.1) is 5.10 Å². The van der Waals surface area contributed by atoms with E-state index in [1.54, 1.807) is 22.2 Å². The number of hydrogen-bond donors (Lipinski definition) is 1. The van der Waals surface area contributed by atoms with E-state index in [1.165, 1.54) is 6.07 Å². The molecule has 0 aliphatic carbocycles. The normalized spacial score (nSPS) is 16.8. The smallest absolute Gasteiger partial charge is 0.238 e. The quantitative estimate of drug-likeness (QED) is 0.499. The van der Waals surface area contributed by atoms with Gasteiger partial charge in [0.15, 0.2) is 5.82 Å². The molecule has 4 heterocycles. The van der Waals surface area contributed by atoms with Gasteiger partial charge in [0.1, 0.15) is 24.2 Å². The molecule has 0 radical (unpaired) electrons. The molecule has 0 spiro atoms. The standard InChI is InChI=1S/C17H16F2N6.C6H12FN/c1-9-16-12(3-5-25(16)23-17(20)21-9)11-7-13(19)15-14(8-11)24(6-4-18)10(2)22-15;1-8-4-2-3-6(7)5-8/h3,5,7-8H,4,6H2,1-2H3,(H2,20,23);6H,2-5H2,1H3/t;6-/m.1/s1. The van der Waals surface area contributed by atoms with Gasteiger partial charge < -0.3 is 15.2 Å². The number of rotatable bonds is 3. The van der Waals surface area contributed by atoms with Crippen LogP contribution in [0, 0.1) is 19.7 Å². The summed E-state index contributed by atoms with van der Waals surface area (Å²) in [5.74, 6) is 0.310. The minimum atomic E-state index is -0.561. The van der Waals surface area contributed by atoms with E-state index in [-0.39, 0.29) is 18.0 Å². The first-order chi connectivity index (χ1) is 15.8. The fourth-order valence-corrected chi connectivity index (χ4v) is 4.38. The Morgan fingerprint density at radius 1 is 1.21 bits per heavy atom. The predicted molar refractivity (Wildman–Crippen MR) is 123 cm³/mol. The molecule has 10 heteroatoms. The van der Waals surface area contributed by atoms with Crippen LogP contribution in [0.2, 0.25) is 0 Å². The maximum Gasteiger partial charge on any atom is 0.238 e. The van der Waals surface area contributed by atoms with Crippen molar-refractivity contribution >= 4 is 22.5 Å². The number of aryl methyl sites for hydroxylation is 3. The summed E-state index contributed by atoms with van der Waals surface area (Å²) in [4.78, 5) is 10.4. The molecule has 1 saturated heterocycles. The van der Waals surface area contributed by atoms with Gasteiger partial charge in [-0.2, -0.15) is 0 Å². The SMILES string of the molecule is CN1CCC[C@@H](F)C1.Cc1nc(N)nn2ccc(-c3cc(F)c4nc(C)n(CCF)c4c3)c12. The highest BCUT2D eigenvalue weighted by Crippen LogP contribution is 2.31. The third-order valence-electron chi connectivity index (χ3n) is 5.89. The average molecular weight is 460 g/mol. The van der Waals surface area contributed by atoms with Crippen LogP contribution in [0.5, 0.6) is 0 Å². The van der Waals surface area contributed by atoms with E-state index in [4.69, 9.17) is 5.73 Å². The van der Waals surface area contributed by atoms with E-state index in [0.717, 1.165) is 30.5 Å². The first kappa shape index (κ1) is 23.0. The predicted octanol–water partition coefficient (Wildman–Crippen LogP) is 4.10. The summed E-state index contributed by atoms with van der Waals surface area (Å²) in [5.41, 5.74) is 9.38. The highest BCUT2D eigenvalue weighted by Gasteiger charge is 2.17. The van der Waals surface area contributed by atoms with Crippen molar-refractivity contribution in [3.8, 4) is 11.1 Å². The van der Waals surface area contributed by atoms with Gasteiger partial charge in [-0.1, -0.05) is 0 Å². The maximum atomic E-state index is 14.6. The Morgan fingerprint density at radius 3 is 2.67 bits per heavy atom. The molecule has 2 N–H and O–H groups in total. The van der Waals surface area contributed by atoms with Gasteiger partial charge in [0.05, 0.1) is 23.3 Å². The number of nitrogen functional groups attached to an aromatic ring is 1. The summed E-state index contributed by atoms with van der Waals surface area (Å²) in [6, 6.07) is 5.08. The van der Waals surface area contributed by atoms with Gasteiger partial charge in [0.25, 0.3) is 0 Å². The summed E-state index contributed by atoms with van der Waals surface area (Å²) >= 11 is 0. The lowest BCUT2D eigenvalue weighted by Gasteiger charge is -2.24. The third-order valence-corrected chi connectivity index (χ3v) is 5.89. The van der Waals surface area contributed by atoms with Crippen LogP contribution < -0.4 is 5.73 Å². The molecule has 1 fully saturated rings. The Balaban J connectivity index is 0.000000275. The van der Waals surface area contributed by atoms with Crippen LogP contribution in [0.1, 0.15) is 24.4 Å². The van der Waals surface area contributed by atoms with E-state index in [9.17, 15) is 13.2 Å². The molecule has 0 amide bonds. The van der Waals surface area contributed by atoms with Crippen molar-refractivity contribution in [2.24, 2.45) is 0 Å². The lowest BCUT2D eigenvalue weighted by Crippen LogP contribution is -2.32. The zero-order chi connectivity index (χ0) is 23.7. The van der Waals surface area contributed by atoms with Crippen molar-refractivity contribution < 1.29 is 13.2 Å². The summed E-state index contributed by atoms with van der Waals surface area (Å²) in [6.45, 7) is 4.87. The van der Waals surface area contributed by atoms with E-state index >= 15 is 0 Å². The highest BCUT2D eigenvalue weighted by atomic mass is 19.1. The van der Waals surface area contributed by atoms with Crippen LogP contribution in [0.25, 0.3) is 27.7 Å². The largest absolute Gasteiger partial charge is 0.367 e. The third kappa shape index (κ3) is 4.66. The van der Waals surface area contributed by atoms with Crippen LogP contribution in [-0.4, -0.2) is 62.0 Å². The Kier molecular flexibility index (Phi) is 6.55. The number of hydrogen-bond acceptors (Lipinski definition) is 5. The molecule has 3 aromatic heterocycles. The van der Waals surface area contributed by atoms with Gasteiger partial charge in [-0.05, 0) is 64.0 Å². The number of aromatic nitrogens is 5. The number of likely N-dealkylation sites (tertiary alicyclic amines) is 1. The molecule has 0 unspecified atom stereocenters. The minimum Gasteiger partial charge on any atom is -0.367 e. The van der Waals surface area contributed by atoms with Gasteiger partial charge >= 0.3 is 0 Å². The van der Waals surface area contributed by atoms with Crippen molar-refractivity contribution in [3.63, 3.8) is 0 Å². The molecule has 0 saturated carbocycles. The van der Waals surface area contributed by atoms with Gasteiger partial charge in [0.2, 0.25) is 5.95 Å². The number of alkyl halides is 2. The van der Waals surface area contributed by atoms with Crippen LogP contribution >= 0.6 is 0 Å². The van der Waals surface area contributed by atoms with Crippen molar-refractivity contribution in [1.29, 1.82) is 0 Å². The van der Waals surface area contributed by atoms with Crippen LogP contribution in [0.15, 0.2) is 24.4 Å². The van der Waals surface area contributed by atoms with Gasteiger partial charge in [-0.3, -0.25) is 0 Å². The number of piperidine rings is 1. The highest BCUT2D eigenvalue weighted by molar-refractivity contribution is 5.89. The van der Waals surface area contributed by atoms with E-state index in [0.29, 0.717) is 29.1 Å². The molecular formula is C23H28F3N7. The zero-order valence-corrected chi connectivity index (χ0v) is 19.0. The Hall–Kier alpha value is -3.14. The number of benzene rings is 1. The second-order valence-electron chi connectivity index (χ2n) is 8.41. The first-order valence-corrected chi connectivity index (χ1v) is 10.9. The number of anilines is 1. The fourth-order valence-electron chi connectivity index (χ4n) is 4.38. The molecule has 33 heavy (non-hydrogen) atoms. The maximum absolute atomic E-state index is 14.6. The van der Waals surface area contributed by atoms with Crippen molar-refractivity contribution in [1.82, 2.24) is 29.0 Å². The van der Waals surface area contributed by atoms with E-state index < -0.39 is 18.7 Å². The van der Waals surface area contributed by atoms with Gasteiger partial charge in [-0.25, -0.2) is 27.7 Å². The van der Waals surface area contributed by atoms with Crippen molar-refractivity contribution in [2.75, 3.05) is 32.5 Å². The second kappa shape index (κ2) is 9.38. The average Bonchev–Trinajstić information content (AvgIpc) is 3.31. The van der Waals surface area contributed by atoms with Crippen molar-refractivity contribution in [3.05, 3.63) is 41.7 Å². The topological polar surface area (TPSA) is 77.3 Å². The fraction of sp³-hybridized carbons (Fsp3) is 0.435. The number of imidazole rings is 1. The second-order valence-corrected chi connectivity index (χ2v) is 8.41. The summed E-state index contributed by atoms with van der Waals surface area (Å²) in [7, 11) is 1.96. The monoisotopic (exact) mass is 459 g/mol. The molecule has 5 rings (SSSR count). The molecule has 1 atom stereocenters. The molecule has 4 aromatic rings. The van der Waals surface area contributed by atoms with E-state index in [2.05, 4.69) is 15.1 Å². The lowest BCUT2D eigenvalue weighted by atomic mass is 10.1.